The molecular weight excluding hydrogens is 324 g/mol. The molecule has 1 saturated carbocycles. The second-order valence-corrected chi connectivity index (χ2v) is 7.04. The number of pyridine rings is 1. The number of aromatic amines is 1. The van der Waals surface area contributed by atoms with Crippen LogP contribution >= 0.6 is 0 Å². The summed E-state index contributed by atoms with van der Waals surface area (Å²) in [6, 6.07) is 19.7. The molecule has 4 rings (SSSR count). The second kappa shape index (κ2) is 7.16. The smallest absolute Gasteiger partial charge is 0.268 e. The van der Waals surface area contributed by atoms with E-state index in [-0.39, 0.29) is 17.5 Å². The van der Waals surface area contributed by atoms with Crippen LogP contribution in [0, 0.1) is 0 Å². The van der Waals surface area contributed by atoms with Gasteiger partial charge in [-0.1, -0.05) is 55.0 Å². The Morgan fingerprint density at radius 1 is 1.00 bits per heavy atom. The summed E-state index contributed by atoms with van der Waals surface area (Å²) in [4.78, 5) is 27.6. The molecule has 1 heterocycles. The first kappa shape index (κ1) is 16.6. The van der Waals surface area contributed by atoms with Crippen LogP contribution < -0.4 is 10.9 Å². The molecular formula is C22H22N2O2. The summed E-state index contributed by atoms with van der Waals surface area (Å²) in [7, 11) is 0. The highest BCUT2D eigenvalue weighted by Crippen LogP contribution is 2.32. The van der Waals surface area contributed by atoms with Gasteiger partial charge in [0.05, 0.1) is 0 Å². The van der Waals surface area contributed by atoms with Gasteiger partial charge in [0.1, 0.15) is 5.69 Å². The van der Waals surface area contributed by atoms with Crippen molar-refractivity contribution >= 4 is 16.7 Å². The Balaban J connectivity index is 1.50. The molecule has 1 aliphatic rings. The summed E-state index contributed by atoms with van der Waals surface area (Å²) in [6.07, 6.45) is 4.17. The van der Waals surface area contributed by atoms with Crippen LogP contribution in [0.2, 0.25) is 0 Å². The van der Waals surface area contributed by atoms with Gasteiger partial charge in [0.25, 0.3) is 11.5 Å². The van der Waals surface area contributed by atoms with E-state index in [9.17, 15) is 9.59 Å². The zero-order valence-electron chi connectivity index (χ0n) is 14.6. The van der Waals surface area contributed by atoms with Gasteiger partial charge in [0, 0.05) is 11.4 Å². The predicted molar refractivity (Wildman–Crippen MR) is 103 cm³/mol. The van der Waals surface area contributed by atoms with Crippen molar-refractivity contribution in [2.45, 2.75) is 37.6 Å². The number of benzene rings is 2. The molecule has 0 bridgehead atoms. The lowest BCUT2D eigenvalue weighted by Gasteiger charge is -2.30. The minimum absolute atomic E-state index is 0.136. The summed E-state index contributed by atoms with van der Waals surface area (Å²) >= 11 is 0. The third-order valence-electron chi connectivity index (χ3n) is 5.28. The number of hydrogen-bond donors (Lipinski definition) is 2. The lowest BCUT2D eigenvalue weighted by molar-refractivity contribution is 0.0920. The maximum Gasteiger partial charge on any atom is 0.268 e. The van der Waals surface area contributed by atoms with Crippen molar-refractivity contribution in [3.63, 3.8) is 0 Å². The van der Waals surface area contributed by atoms with E-state index in [1.165, 1.54) is 5.56 Å². The Morgan fingerprint density at radius 3 is 2.62 bits per heavy atom. The number of nitrogens with one attached hydrogen (secondary N) is 2. The molecule has 2 unspecified atom stereocenters. The van der Waals surface area contributed by atoms with E-state index in [0.717, 1.165) is 31.1 Å². The first-order chi connectivity index (χ1) is 12.7. The summed E-state index contributed by atoms with van der Waals surface area (Å²) in [5, 5.41) is 4.50. The van der Waals surface area contributed by atoms with Crippen LogP contribution in [0.15, 0.2) is 65.5 Å². The minimum atomic E-state index is -0.223. The van der Waals surface area contributed by atoms with Crippen LogP contribution in [0.5, 0.6) is 0 Å². The van der Waals surface area contributed by atoms with Crippen molar-refractivity contribution in [3.8, 4) is 0 Å². The molecule has 132 valence electrons. The Morgan fingerprint density at radius 2 is 1.77 bits per heavy atom. The number of amides is 1. The van der Waals surface area contributed by atoms with Crippen LogP contribution in [0.25, 0.3) is 10.8 Å². The lowest BCUT2D eigenvalue weighted by atomic mass is 9.81. The number of hydrogen-bond acceptors (Lipinski definition) is 2. The highest BCUT2D eigenvalue weighted by Gasteiger charge is 2.25. The van der Waals surface area contributed by atoms with E-state index in [4.69, 9.17) is 0 Å². The number of carbonyl (C=O) groups is 1. The molecule has 4 nitrogen and oxygen atoms in total. The second-order valence-electron chi connectivity index (χ2n) is 7.04. The van der Waals surface area contributed by atoms with Gasteiger partial charge in [-0.3, -0.25) is 9.59 Å². The first-order valence-corrected chi connectivity index (χ1v) is 9.18. The standard InChI is InChI=1S/C22H22N2O2/c25-21-19-12-5-4-9-17(19)14-20(24-21)22(26)23-18-11-6-10-16(13-18)15-7-2-1-3-8-15/h1-5,7-9,12,14,16,18H,6,10-11,13H2,(H,23,26)(H,24,25). The summed E-state index contributed by atoms with van der Waals surface area (Å²) in [5.74, 6) is 0.275. The van der Waals surface area contributed by atoms with E-state index >= 15 is 0 Å². The maximum absolute atomic E-state index is 12.7. The molecule has 1 amide bonds. The lowest BCUT2D eigenvalue weighted by Crippen LogP contribution is -2.38. The molecule has 1 aromatic heterocycles. The monoisotopic (exact) mass is 346 g/mol. The van der Waals surface area contributed by atoms with E-state index < -0.39 is 0 Å². The molecule has 0 radical (unpaired) electrons. The molecule has 3 aromatic rings. The van der Waals surface area contributed by atoms with Crippen molar-refractivity contribution in [3.05, 3.63) is 82.3 Å². The van der Waals surface area contributed by atoms with Crippen LogP contribution in [0.1, 0.15) is 47.7 Å². The van der Waals surface area contributed by atoms with Crippen LogP contribution in [0.3, 0.4) is 0 Å². The number of aromatic nitrogens is 1. The number of H-pyrrole nitrogens is 1. The van der Waals surface area contributed by atoms with Crippen molar-refractivity contribution in [1.29, 1.82) is 0 Å². The van der Waals surface area contributed by atoms with Crippen molar-refractivity contribution < 1.29 is 4.79 Å². The number of fused-ring (bicyclic) bond motifs is 1. The van der Waals surface area contributed by atoms with Gasteiger partial charge in [0.15, 0.2) is 0 Å². The van der Waals surface area contributed by atoms with E-state index in [1.807, 2.05) is 24.3 Å². The Labute approximate surface area is 152 Å². The molecule has 2 atom stereocenters. The average Bonchev–Trinajstić information content (AvgIpc) is 2.69. The minimum Gasteiger partial charge on any atom is -0.348 e. The average molecular weight is 346 g/mol. The van der Waals surface area contributed by atoms with Gasteiger partial charge in [-0.15, -0.1) is 0 Å². The molecule has 0 spiro atoms. The van der Waals surface area contributed by atoms with E-state index in [0.29, 0.717) is 17.0 Å². The zero-order valence-corrected chi connectivity index (χ0v) is 14.6. The van der Waals surface area contributed by atoms with Gasteiger partial charge in [-0.25, -0.2) is 0 Å². The van der Waals surface area contributed by atoms with Gasteiger partial charge in [-0.2, -0.15) is 0 Å². The van der Waals surface area contributed by atoms with Crippen LogP contribution in [0.4, 0.5) is 0 Å². The highest BCUT2D eigenvalue weighted by atomic mass is 16.2. The number of rotatable bonds is 3. The molecule has 2 aromatic carbocycles. The quantitative estimate of drug-likeness (QED) is 0.753. The van der Waals surface area contributed by atoms with E-state index in [2.05, 4.69) is 34.6 Å². The van der Waals surface area contributed by atoms with Crippen molar-refractivity contribution in [1.82, 2.24) is 10.3 Å². The van der Waals surface area contributed by atoms with Gasteiger partial charge < -0.3 is 10.3 Å². The summed E-state index contributed by atoms with van der Waals surface area (Å²) < 4.78 is 0. The first-order valence-electron chi connectivity index (χ1n) is 9.18. The van der Waals surface area contributed by atoms with Gasteiger partial charge in [0.2, 0.25) is 0 Å². The molecule has 4 heteroatoms. The normalized spacial score (nSPS) is 20.0. The van der Waals surface area contributed by atoms with Gasteiger partial charge >= 0.3 is 0 Å². The Hall–Kier alpha value is -2.88. The fraction of sp³-hybridized carbons (Fsp3) is 0.273. The third kappa shape index (κ3) is 3.40. The molecule has 0 aliphatic heterocycles. The summed E-state index contributed by atoms with van der Waals surface area (Å²) in [5.41, 5.74) is 1.44. The SMILES string of the molecule is O=C(NC1CCCC(c2ccccc2)C1)c1cc2ccccc2c(=O)[nH]1. The van der Waals surface area contributed by atoms with Crippen LogP contribution in [-0.4, -0.2) is 16.9 Å². The molecule has 0 saturated heterocycles. The fourth-order valence-corrected chi connectivity index (χ4v) is 3.95. The van der Waals surface area contributed by atoms with Gasteiger partial charge in [-0.05, 0) is 48.3 Å². The fourth-order valence-electron chi connectivity index (χ4n) is 3.95. The number of carbonyl (C=O) groups excluding carboxylic acids is 1. The Bertz CT molecular complexity index is 978. The molecule has 1 fully saturated rings. The molecule has 26 heavy (non-hydrogen) atoms. The highest BCUT2D eigenvalue weighted by molar-refractivity contribution is 5.96. The van der Waals surface area contributed by atoms with Crippen LogP contribution in [-0.2, 0) is 0 Å². The Kier molecular flexibility index (Phi) is 4.57. The predicted octanol–water partition coefficient (Wildman–Crippen LogP) is 3.98. The maximum atomic E-state index is 12.7. The van der Waals surface area contributed by atoms with Crippen molar-refractivity contribution in [2.75, 3.05) is 0 Å². The van der Waals surface area contributed by atoms with E-state index in [1.54, 1.807) is 12.1 Å². The van der Waals surface area contributed by atoms with Crippen molar-refractivity contribution in [2.24, 2.45) is 0 Å². The summed E-state index contributed by atoms with van der Waals surface area (Å²) in [6.45, 7) is 0. The largest absolute Gasteiger partial charge is 0.348 e. The zero-order chi connectivity index (χ0) is 17.9. The third-order valence-corrected chi connectivity index (χ3v) is 5.28. The topological polar surface area (TPSA) is 62.0 Å². The molecule has 2 N–H and O–H groups in total. The molecule has 1 aliphatic carbocycles.